The monoisotopic (exact) mass is 328 g/mol. The van der Waals surface area contributed by atoms with Gasteiger partial charge in [0.1, 0.15) is 10.6 Å². The van der Waals surface area contributed by atoms with Crippen LogP contribution in [0.15, 0.2) is 29.2 Å². The molecule has 0 radical (unpaired) electrons. The number of hydrogen-bond acceptors (Lipinski definition) is 4. The molecule has 2 aromatic rings. The van der Waals surface area contributed by atoms with Gasteiger partial charge in [-0.15, -0.1) is 0 Å². The zero-order valence-electron chi connectivity index (χ0n) is 12.1. The Morgan fingerprint density at radius 2 is 1.81 bits per heavy atom. The van der Waals surface area contributed by atoms with Crippen molar-refractivity contribution in [2.45, 2.75) is 31.6 Å². The smallest absolute Gasteiger partial charge is 0.265 e. The number of aromatic nitrogens is 2. The third-order valence-electron chi connectivity index (χ3n) is 3.23. The van der Waals surface area contributed by atoms with E-state index < -0.39 is 9.05 Å². The van der Waals surface area contributed by atoms with Gasteiger partial charge in [-0.1, -0.05) is 13.8 Å². The lowest BCUT2D eigenvalue weighted by molar-refractivity contribution is 0.414. The second kappa shape index (κ2) is 6.07. The molecule has 0 unspecified atom stereocenters. The maximum atomic E-state index is 11.8. The minimum atomic E-state index is -3.82. The van der Waals surface area contributed by atoms with Crippen LogP contribution in [0.4, 0.5) is 0 Å². The minimum absolute atomic E-state index is 0.130. The highest BCUT2D eigenvalue weighted by atomic mass is 35.7. The molecule has 7 heteroatoms. The molecule has 0 bridgehead atoms. The highest BCUT2D eigenvalue weighted by Crippen LogP contribution is 2.28. The molecule has 1 aromatic heterocycles. The Bertz CT molecular complexity index is 736. The van der Waals surface area contributed by atoms with E-state index in [0.717, 1.165) is 11.4 Å². The summed E-state index contributed by atoms with van der Waals surface area (Å²) in [6.07, 6.45) is 1.01. The van der Waals surface area contributed by atoms with Gasteiger partial charge in [0, 0.05) is 10.7 Å². The number of hydrogen-bond donors (Lipinski definition) is 0. The quantitative estimate of drug-likeness (QED) is 0.792. The third kappa shape index (κ3) is 3.06. The third-order valence-corrected chi connectivity index (χ3v) is 4.65. The molecular weight excluding hydrogens is 312 g/mol. The SMILES string of the molecule is CCc1nn(-c2ccc(OC)cc2)c(CC)c1S(=O)(=O)Cl. The summed E-state index contributed by atoms with van der Waals surface area (Å²) in [5.41, 5.74) is 1.85. The molecule has 1 heterocycles. The predicted molar refractivity (Wildman–Crippen MR) is 81.9 cm³/mol. The summed E-state index contributed by atoms with van der Waals surface area (Å²) in [5.74, 6) is 0.727. The number of methoxy groups -OCH3 is 1. The summed E-state index contributed by atoms with van der Waals surface area (Å²) >= 11 is 0. The van der Waals surface area contributed by atoms with Gasteiger partial charge in [-0.2, -0.15) is 5.10 Å². The van der Waals surface area contributed by atoms with Gasteiger partial charge in [0.05, 0.1) is 24.2 Å². The van der Waals surface area contributed by atoms with Gasteiger partial charge in [0.25, 0.3) is 9.05 Å². The largest absolute Gasteiger partial charge is 0.497 e. The Labute approximate surface area is 128 Å². The van der Waals surface area contributed by atoms with Crippen LogP contribution in [0.25, 0.3) is 5.69 Å². The molecule has 0 aliphatic carbocycles. The molecule has 0 fully saturated rings. The summed E-state index contributed by atoms with van der Waals surface area (Å²) in [4.78, 5) is 0.130. The van der Waals surface area contributed by atoms with Crippen molar-refractivity contribution in [2.75, 3.05) is 7.11 Å². The summed E-state index contributed by atoms with van der Waals surface area (Å²) in [6.45, 7) is 3.73. The summed E-state index contributed by atoms with van der Waals surface area (Å²) in [5, 5.41) is 4.40. The van der Waals surface area contributed by atoms with Crippen molar-refractivity contribution in [1.82, 2.24) is 9.78 Å². The first-order valence-corrected chi connectivity index (χ1v) is 8.93. The van der Waals surface area contributed by atoms with Gasteiger partial charge in [0.2, 0.25) is 0 Å². The number of benzene rings is 1. The first-order chi connectivity index (χ1) is 9.92. The second-order valence-electron chi connectivity index (χ2n) is 4.48. The highest BCUT2D eigenvalue weighted by molar-refractivity contribution is 8.13. The van der Waals surface area contributed by atoms with E-state index in [4.69, 9.17) is 15.4 Å². The number of halogens is 1. The van der Waals surface area contributed by atoms with Crippen molar-refractivity contribution in [3.8, 4) is 11.4 Å². The molecule has 0 aliphatic rings. The second-order valence-corrected chi connectivity index (χ2v) is 6.98. The van der Waals surface area contributed by atoms with Crippen LogP contribution in [0, 0.1) is 0 Å². The van der Waals surface area contributed by atoms with E-state index in [1.807, 2.05) is 26.0 Å². The number of rotatable bonds is 5. The molecule has 0 saturated heterocycles. The molecule has 0 aliphatic heterocycles. The molecule has 0 N–H and O–H groups in total. The molecule has 21 heavy (non-hydrogen) atoms. The van der Waals surface area contributed by atoms with Crippen LogP contribution in [0.5, 0.6) is 5.75 Å². The number of nitrogens with zero attached hydrogens (tertiary/aromatic N) is 2. The minimum Gasteiger partial charge on any atom is -0.497 e. The Morgan fingerprint density at radius 3 is 2.24 bits per heavy atom. The molecule has 1 aromatic carbocycles. The maximum Gasteiger partial charge on any atom is 0.265 e. The van der Waals surface area contributed by atoms with E-state index in [0.29, 0.717) is 24.2 Å². The molecular formula is C14H17ClN2O3S. The van der Waals surface area contributed by atoms with Crippen LogP contribution in [0.2, 0.25) is 0 Å². The van der Waals surface area contributed by atoms with Crippen molar-refractivity contribution >= 4 is 19.7 Å². The van der Waals surface area contributed by atoms with Crippen LogP contribution in [0.3, 0.4) is 0 Å². The molecule has 5 nitrogen and oxygen atoms in total. The Kier molecular flexibility index (Phi) is 4.58. The number of aryl methyl sites for hydroxylation is 1. The normalized spacial score (nSPS) is 11.6. The van der Waals surface area contributed by atoms with Crippen LogP contribution in [0.1, 0.15) is 25.2 Å². The van der Waals surface area contributed by atoms with E-state index in [-0.39, 0.29) is 4.90 Å². The van der Waals surface area contributed by atoms with E-state index in [9.17, 15) is 8.42 Å². The van der Waals surface area contributed by atoms with E-state index in [2.05, 4.69) is 5.10 Å². The summed E-state index contributed by atoms with van der Waals surface area (Å²) in [6, 6.07) is 7.26. The maximum absolute atomic E-state index is 11.8. The molecule has 2 rings (SSSR count). The van der Waals surface area contributed by atoms with Crippen LogP contribution in [-0.2, 0) is 21.9 Å². The van der Waals surface area contributed by atoms with Crippen molar-refractivity contribution in [2.24, 2.45) is 0 Å². The lowest BCUT2D eigenvalue weighted by Crippen LogP contribution is -2.03. The van der Waals surface area contributed by atoms with Gasteiger partial charge in [-0.25, -0.2) is 13.1 Å². The Balaban J connectivity index is 2.66. The average molecular weight is 329 g/mol. The van der Waals surface area contributed by atoms with E-state index in [1.54, 1.807) is 23.9 Å². The van der Waals surface area contributed by atoms with Crippen LogP contribution >= 0.6 is 10.7 Å². The van der Waals surface area contributed by atoms with Gasteiger partial charge in [-0.3, -0.25) is 0 Å². The van der Waals surface area contributed by atoms with Crippen LogP contribution < -0.4 is 4.74 Å². The van der Waals surface area contributed by atoms with Gasteiger partial charge in [-0.05, 0) is 37.1 Å². The molecule has 114 valence electrons. The van der Waals surface area contributed by atoms with Crippen molar-refractivity contribution in [3.63, 3.8) is 0 Å². The Morgan fingerprint density at radius 1 is 1.19 bits per heavy atom. The van der Waals surface area contributed by atoms with Gasteiger partial charge >= 0.3 is 0 Å². The molecule has 0 amide bonds. The first kappa shape index (κ1) is 15.9. The van der Waals surface area contributed by atoms with E-state index in [1.165, 1.54) is 0 Å². The van der Waals surface area contributed by atoms with Crippen molar-refractivity contribution in [1.29, 1.82) is 0 Å². The summed E-state index contributed by atoms with van der Waals surface area (Å²) < 4.78 is 30.4. The zero-order valence-corrected chi connectivity index (χ0v) is 13.7. The fourth-order valence-corrected chi connectivity index (χ4v) is 3.76. The van der Waals surface area contributed by atoms with Gasteiger partial charge in [0.15, 0.2) is 0 Å². The fraction of sp³-hybridized carbons (Fsp3) is 0.357. The predicted octanol–water partition coefficient (Wildman–Crippen LogP) is 2.93. The summed E-state index contributed by atoms with van der Waals surface area (Å²) in [7, 11) is 3.34. The lowest BCUT2D eigenvalue weighted by Gasteiger charge is -2.07. The van der Waals surface area contributed by atoms with Crippen LogP contribution in [-0.4, -0.2) is 25.3 Å². The Hall–Kier alpha value is -1.53. The molecule has 0 atom stereocenters. The first-order valence-electron chi connectivity index (χ1n) is 6.62. The zero-order chi connectivity index (χ0) is 15.6. The lowest BCUT2D eigenvalue weighted by atomic mass is 10.2. The standard InChI is InChI=1S/C14H17ClN2O3S/c1-4-12-14(21(15,18)19)13(5-2)17(16-12)10-6-8-11(20-3)9-7-10/h6-9H,4-5H2,1-3H3. The average Bonchev–Trinajstić information content (AvgIpc) is 2.86. The molecule has 0 spiro atoms. The highest BCUT2D eigenvalue weighted by Gasteiger charge is 2.25. The molecule has 0 saturated carbocycles. The van der Waals surface area contributed by atoms with Crippen molar-refractivity contribution < 1.29 is 13.2 Å². The van der Waals surface area contributed by atoms with Gasteiger partial charge < -0.3 is 4.74 Å². The van der Waals surface area contributed by atoms with E-state index >= 15 is 0 Å². The topological polar surface area (TPSA) is 61.2 Å². The number of ether oxygens (including phenoxy) is 1. The fourth-order valence-electron chi connectivity index (χ4n) is 2.25. The van der Waals surface area contributed by atoms with Crippen molar-refractivity contribution in [3.05, 3.63) is 35.7 Å².